The Bertz CT molecular complexity index is 1310. The van der Waals surface area contributed by atoms with Crippen LogP contribution in [0.1, 0.15) is 22.7 Å². The molecule has 2 aliphatic rings. The average Bonchev–Trinajstić information content (AvgIpc) is 2.96. The van der Waals surface area contributed by atoms with Crippen molar-refractivity contribution in [2.24, 2.45) is 4.99 Å². The molecular weight excluding hydrogens is 446 g/mol. The van der Waals surface area contributed by atoms with Crippen molar-refractivity contribution in [2.45, 2.75) is 12.2 Å². The minimum Gasteiger partial charge on any atom is -0.378 e. The Morgan fingerprint density at radius 2 is 1.71 bits per heavy atom. The molecule has 0 radical (unpaired) electrons. The second-order valence-corrected chi connectivity index (χ2v) is 7.99. The average molecular weight is 465 g/mol. The molecule has 3 aromatic carbocycles. The van der Waals surface area contributed by atoms with Gasteiger partial charge in [-0.3, -0.25) is 14.7 Å². The van der Waals surface area contributed by atoms with E-state index in [0.29, 0.717) is 29.9 Å². The lowest BCUT2D eigenvalue weighted by atomic mass is 9.91. The standard InChI is InChI=1S/C26H19F4N3O/c27-19-10-4-8-17(14-19)24-21-22(16-6-2-1-3-7-16)31-12-13-32-23(21)25(34)33(24)20-11-5-9-18(15-20)26(28,29)30/h1-11,14-15,24,32H,12-13H2/t24-/m0/s1. The molecule has 2 heterocycles. The van der Waals surface area contributed by atoms with E-state index >= 15 is 0 Å². The monoisotopic (exact) mass is 465 g/mol. The van der Waals surface area contributed by atoms with Crippen LogP contribution in [0.15, 0.2) is 95.1 Å². The summed E-state index contributed by atoms with van der Waals surface area (Å²) in [7, 11) is 0. The number of hydrogen-bond acceptors (Lipinski definition) is 3. The third-order valence-corrected chi connectivity index (χ3v) is 5.84. The highest BCUT2D eigenvalue weighted by Gasteiger charge is 2.44. The number of halogens is 4. The zero-order chi connectivity index (χ0) is 23.9. The van der Waals surface area contributed by atoms with Crippen LogP contribution in [-0.4, -0.2) is 24.7 Å². The Kier molecular flexibility index (Phi) is 5.43. The van der Waals surface area contributed by atoms with Gasteiger partial charge in [0.05, 0.1) is 23.9 Å². The topological polar surface area (TPSA) is 44.7 Å². The molecule has 0 aliphatic carbocycles. The number of rotatable bonds is 3. The molecular formula is C26H19F4N3O. The molecule has 0 unspecified atom stereocenters. The van der Waals surface area contributed by atoms with Crippen LogP contribution in [0.4, 0.5) is 23.2 Å². The third kappa shape index (κ3) is 3.85. The molecule has 1 atom stereocenters. The van der Waals surface area contributed by atoms with Crippen LogP contribution in [-0.2, 0) is 11.0 Å². The summed E-state index contributed by atoms with van der Waals surface area (Å²) in [5, 5.41) is 3.11. The normalized spacial score (nSPS) is 18.4. The second-order valence-electron chi connectivity index (χ2n) is 7.99. The Balaban J connectivity index is 1.73. The van der Waals surface area contributed by atoms with Crippen LogP contribution in [0.5, 0.6) is 0 Å². The van der Waals surface area contributed by atoms with E-state index in [0.717, 1.165) is 17.7 Å². The number of aliphatic imine (C=N–C) groups is 1. The Labute approximate surface area is 193 Å². The fraction of sp³-hybridized carbons (Fsp3) is 0.154. The maximum absolute atomic E-state index is 14.3. The van der Waals surface area contributed by atoms with E-state index in [2.05, 4.69) is 5.32 Å². The van der Waals surface area contributed by atoms with Crippen molar-refractivity contribution < 1.29 is 22.4 Å². The van der Waals surface area contributed by atoms with Gasteiger partial charge in [0, 0.05) is 23.4 Å². The zero-order valence-corrected chi connectivity index (χ0v) is 17.8. The number of benzene rings is 3. The molecule has 1 amide bonds. The van der Waals surface area contributed by atoms with Gasteiger partial charge in [-0.2, -0.15) is 13.2 Å². The third-order valence-electron chi connectivity index (χ3n) is 5.84. The molecule has 0 saturated carbocycles. The molecule has 0 spiro atoms. The molecule has 5 rings (SSSR count). The smallest absolute Gasteiger partial charge is 0.378 e. The minimum atomic E-state index is -4.58. The molecule has 3 aromatic rings. The summed E-state index contributed by atoms with van der Waals surface area (Å²) in [5.74, 6) is -1.00. The molecule has 8 heteroatoms. The highest BCUT2D eigenvalue weighted by atomic mass is 19.4. The molecule has 172 valence electrons. The summed E-state index contributed by atoms with van der Waals surface area (Å²) >= 11 is 0. The van der Waals surface area contributed by atoms with Gasteiger partial charge >= 0.3 is 6.18 Å². The van der Waals surface area contributed by atoms with E-state index in [1.807, 2.05) is 30.3 Å². The lowest BCUT2D eigenvalue weighted by Gasteiger charge is -2.29. The van der Waals surface area contributed by atoms with Crippen molar-refractivity contribution >= 4 is 17.3 Å². The van der Waals surface area contributed by atoms with Crippen LogP contribution in [0.3, 0.4) is 0 Å². The SMILES string of the molecule is O=C1C2=C(C(c3ccccc3)=NCCN2)[C@H](c2cccc(F)c2)N1c1cccc(C(F)(F)F)c1. The van der Waals surface area contributed by atoms with Gasteiger partial charge in [0.15, 0.2) is 0 Å². The number of alkyl halides is 3. The van der Waals surface area contributed by atoms with E-state index in [4.69, 9.17) is 4.99 Å². The number of hydrogen-bond donors (Lipinski definition) is 1. The summed E-state index contributed by atoms with van der Waals surface area (Å²) < 4.78 is 54.7. The second kappa shape index (κ2) is 8.44. The first-order valence-electron chi connectivity index (χ1n) is 10.7. The molecule has 4 nitrogen and oxygen atoms in total. The fourth-order valence-electron chi connectivity index (χ4n) is 4.40. The summed E-state index contributed by atoms with van der Waals surface area (Å²) in [5.41, 5.74) is 1.71. The van der Waals surface area contributed by atoms with Crippen molar-refractivity contribution in [1.82, 2.24) is 5.32 Å². The lowest BCUT2D eigenvalue weighted by Crippen LogP contribution is -2.34. The van der Waals surface area contributed by atoms with Gasteiger partial charge in [0.1, 0.15) is 11.5 Å². The van der Waals surface area contributed by atoms with E-state index < -0.39 is 29.5 Å². The van der Waals surface area contributed by atoms with Gasteiger partial charge in [-0.1, -0.05) is 48.5 Å². The van der Waals surface area contributed by atoms with Gasteiger partial charge < -0.3 is 5.32 Å². The number of nitrogens with one attached hydrogen (secondary N) is 1. The largest absolute Gasteiger partial charge is 0.416 e. The summed E-state index contributed by atoms with van der Waals surface area (Å²) in [6, 6.07) is 18.7. The van der Waals surface area contributed by atoms with Crippen molar-refractivity contribution in [3.05, 3.63) is 113 Å². The molecule has 2 aliphatic heterocycles. The van der Waals surface area contributed by atoms with Crippen LogP contribution in [0.2, 0.25) is 0 Å². The summed E-state index contributed by atoms with van der Waals surface area (Å²) in [6.07, 6.45) is -4.58. The summed E-state index contributed by atoms with van der Waals surface area (Å²) in [6.45, 7) is 0.789. The van der Waals surface area contributed by atoms with Crippen molar-refractivity contribution in [2.75, 3.05) is 18.0 Å². The molecule has 0 aromatic heterocycles. The van der Waals surface area contributed by atoms with Gasteiger partial charge in [-0.05, 0) is 35.9 Å². The first-order chi connectivity index (χ1) is 16.3. The molecule has 0 fully saturated rings. The number of carbonyl (C=O) groups is 1. The zero-order valence-electron chi connectivity index (χ0n) is 17.8. The first kappa shape index (κ1) is 21.9. The molecule has 34 heavy (non-hydrogen) atoms. The van der Waals surface area contributed by atoms with Gasteiger partial charge in [-0.15, -0.1) is 0 Å². The number of anilines is 1. The first-order valence-corrected chi connectivity index (χ1v) is 10.7. The lowest BCUT2D eigenvalue weighted by molar-refractivity contribution is -0.137. The number of nitrogens with zero attached hydrogens (tertiary/aromatic N) is 2. The van der Waals surface area contributed by atoms with E-state index in [1.165, 1.54) is 35.2 Å². The summed E-state index contributed by atoms with van der Waals surface area (Å²) in [4.78, 5) is 19.7. The number of amides is 1. The van der Waals surface area contributed by atoms with E-state index in [9.17, 15) is 22.4 Å². The fourth-order valence-corrected chi connectivity index (χ4v) is 4.40. The quantitative estimate of drug-likeness (QED) is 0.535. The van der Waals surface area contributed by atoms with Crippen molar-refractivity contribution in [1.29, 1.82) is 0 Å². The maximum atomic E-state index is 14.3. The predicted octanol–water partition coefficient (Wildman–Crippen LogP) is 5.28. The van der Waals surface area contributed by atoms with E-state index in [1.54, 1.807) is 6.07 Å². The maximum Gasteiger partial charge on any atom is 0.416 e. The minimum absolute atomic E-state index is 0.0661. The number of carbonyl (C=O) groups excluding carboxylic acids is 1. The van der Waals surface area contributed by atoms with Crippen LogP contribution < -0.4 is 10.2 Å². The predicted molar refractivity (Wildman–Crippen MR) is 121 cm³/mol. The van der Waals surface area contributed by atoms with Gasteiger partial charge in [0.2, 0.25) is 0 Å². The highest BCUT2D eigenvalue weighted by molar-refractivity contribution is 6.23. The molecule has 1 N–H and O–H groups in total. The Morgan fingerprint density at radius 3 is 2.44 bits per heavy atom. The molecule has 0 bridgehead atoms. The highest BCUT2D eigenvalue weighted by Crippen LogP contribution is 2.44. The van der Waals surface area contributed by atoms with Crippen LogP contribution >= 0.6 is 0 Å². The Hall–Kier alpha value is -3.94. The van der Waals surface area contributed by atoms with Gasteiger partial charge in [0.25, 0.3) is 5.91 Å². The Morgan fingerprint density at radius 1 is 0.941 bits per heavy atom. The van der Waals surface area contributed by atoms with Crippen molar-refractivity contribution in [3.63, 3.8) is 0 Å². The van der Waals surface area contributed by atoms with Crippen LogP contribution in [0, 0.1) is 5.82 Å². The molecule has 0 saturated heterocycles. The van der Waals surface area contributed by atoms with Gasteiger partial charge in [-0.25, -0.2) is 4.39 Å². The van der Waals surface area contributed by atoms with Crippen molar-refractivity contribution in [3.8, 4) is 0 Å². The van der Waals surface area contributed by atoms with E-state index in [-0.39, 0.29) is 11.4 Å². The van der Waals surface area contributed by atoms with Crippen LogP contribution in [0.25, 0.3) is 0 Å².